The molecular weight excluding hydrogens is 360 g/mol. The fraction of sp³-hybridized carbons (Fsp3) is 0.231. The van der Waals surface area contributed by atoms with Crippen LogP contribution in [0.2, 0.25) is 0 Å². The van der Waals surface area contributed by atoms with E-state index in [2.05, 4.69) is 21.2 Å². The average molecular weight is 375 g/mol. The van der Waals surface area contributed by atoms with Gasteiger partial charge in [-0.3, -0.25) is 0 Å². The number of primary sulfonamides is 1. The predicted molar refractivity (Wildman–Crippen MR) is 86.6 cm³/mol. The first kappa shape index (κ1) is 15.5. The second-order valence-electron chi connectivity index (χ2n) is 4.56. The van der Waals surface area contributed by atoms with Crippen molar-refractivity contribution in [2.24, 2.45) is 5.14 Å². The molecule has 1 unspecified atom stereocenters. The summed E-state index contributed by atoms with van der Waals surface area (Å²) in [6, 6.07) is 7.30. The lowest BCUT2D eigenvalue weighted by Gasteiger charge is -2.15. The number of halogens is 1. The van der Waals surface area contributed by atoms with Crippen molar-refractivity contribution in [2.45, 2.75) is 24.8 Å². The molecule has 108 valence electrons. The van der Waals surface area contributed by atoms with Gasteiger partial charge in [-0.1, -0.05) is 6.07 Å². The van der Waals surface area contributed by atoms with Crippen molar-refractivity contribution in [3.05, 3.63) is 44.6 Å². The van der Waals surface area contributed by atoms with Crippen molar-refractivity contribution < 1.29 is 8.42 Å². The van der Waals surface area contributed by atoms with Crippen LogP contribution in [0.25, 0.3) is 0 Å². The molecule has 0 aliphatic heterocycles. The van der Waals surface area contributed by atoms with Crippen molar-refractivity contribution in [3.63, 3.8) is 0 Å². The lowest BCUT2D eigenvalue weighted by molar-refractivity contribution is 0.597. The molecule has 0 saturated heterocycles. The van der Waals surface area contributed by atoms with Crippen molar-refractivity contribution in [1.29, 1.82) is 0 Å². The van der Waals surface area contributed by atoms with E-state index in [-0.39, 0.29) is 10.9 Å². The highest BCUT2D eigenvalue weighted by Gasteiger charge is 2.14. The molecule has 2 rings (SSSR count). The molecule has 1 aromatic carbocycles. The van der Waals surface area contributed by atoms with Gasteiger partial charge in [-0.05, 0) is 53.5 Å². The SMILES string of the molecule is Cc1ccc(NC(C)c2cc(Br)cs2)cc1S(N)(=O)=O. The minimum atomic E-state index is -3.70. The highest BCUT2D eigenvalue weighted by Crippen LogP contribution is 2.29. The minimum absolute atomic E-state index is 0.0855. The Morgan fingerprint density at radius 1 is 1.35 bits per heavy atom. The zero-order chi connectivity index (χ0) is 14.9. The molecule has 1 heterocycles. The van der Waals surface area contributed by atoms with Crippen LogP contribution in [-0.2, 0) is 10.0 Å². The summed E-state index contributed by atoms with van der Waals surface area (Å²) in [5.74, 6) is 0. The van der Waals surface area contributed by atoms with Gasteiger partial charge in [0, 0.05) is 20.4 Å². The molecule has 3 N–H and O–H groups in total. The van der Waals surface area contributed by atoms with E-state index < -0.39 is 10.0 Å². The summed E-state index contributed by atoms with van der Waals surface area (Å²) >= 11 is 5.06. The van der Waals surface area contributed by atoms with E-state index in [1.54, 1.807) is 30.4 Å². The Morgan fingerprint density at radius 2 is 2.05 bits per heavy atom. The smallest absolute Gasteiger partial charge is 0.238 e. The molecule has 0 saturated carbocycles. The van der Waals surface area contributed by atoms with E-state index in [0.717, 1.165) is 15.0 Å². The number of sulfonamides is 1. The van der Waals surface area contributed by atoms with Crippen LogP contribution in [0.5, 0.6) is 0 Å². The van der Waals surface area contributed by atoms with Crippen LogP contribution < -0.4 is 10.5 Å². The fourth-order valence-corrected chi connectivity index (χ4v) is 4.13. The molecule has 0 aliphatic rings. The molecule has 20 heavy (non-hydrogen) atoms. The van der Waals surface area contributed by atoms with Gasteiger partial charge in [0.1, 0.15) is 0 Å². The number of nitrogens with one attached hydrogen (secondary N) is 1. The summed E-state index contributed by atoms with van der Waals surface area (Å²) in [4.78, 5) is 1.32. The number of hydrogen-bond donors (Lipinski definition) is 2. The number of thiophene rings is 1. The van der Waals surface area contributed by atoms with Crippen LogP contribution in [0.1, 0.15) is 23.4 Å². The second-order valence-corrected chi connectivity index (χ2v) is 7.95. The topological polar surface area (TPSA) is 72.2 Å². The zero-order valence-corrected chi connectivity index (χ0v) is 14.3. The van der Waals surface area contributed by atoms with Gasteiger partial charge in [0.15, 0.2) is 0 Å². The van der Waals surface area contributed by atoms with Gasteiger partial charge in [-0.2, -0.15) is 0 Å². The summed E-state index contributed by atoms with van der Waals surface area (Å²) in [5.41, 5.74) is 1.38. The molecule has 1 atom stereocenters. The summed E-state index contributed by atoms with van der Waals surface area (Å²) in [6.45, 7) is 3.75. The average Bonchev–Trinajstić information content (AvgIpc) is 2.77. The van der Waals surface area contributed by atoms with Crippen LogP contribution in [-0.4, -0.2) is 8.42 Å². The lowest BCUT2D eigenvalue weighted by atomic mass is 10.2. The largest absolute Gasteiger partial charge is 0.378 e. The van der Waals surface area contributed by atoms with E-state index in [9.17, 15) is 8.42 Å². The third kappa shape index (κ3) is 3.60. The first-order valence-corrected chi connectivity index (χ1v) is 9.13. The van der Waals surface area contributed by atoms with Gasteiger partial charge in [0.25, 0.3) is 0 Å². The summed E-state index contributed by atoms with van der Waals surface area (Å²) in [6.07, 6.45) is 0. The summed E-state index contributed by atoms with van der Waals surface area (Å²) < 4.78 is 24.1. The van der Waals surface area contributed by atoms with Gasteiger partial charge >= 0.3 is 0 Å². The maximum Gasteiger partial charge on any atom is 0.238 e. The number of rotatable bonds is 4. The second kappa shape index (κ2) is 5.85. The molecule has 0 fully saturated rings. The Morgan fingerprint density at radius 3 is 2.60 bits per heavy atom. The Hall–Kier alpha value is -0.890. The number of anilines is 1. The van der Waals surface area contributed by atoms with Crippen LogP contribution in [0.3, 0.4) is 0 Å². The third-order valence-electron chi connectivity index (χ3n) is 2.89. The van der Waals surface area contributed by atoms with Gasteiger partial charge in [-0.15, -0.1) is 11.3 Å². The van der Waals surface area contributed by atoms with Gasteiger partial charge < -0.3 is 5.32 Å². The number of aryl methyl sites for hydroxylation is 1. The zero-order valence-electron chi connectivity index (χ0n) is 11.1. The Kier molecular flexibility index (Phi) is 4.53. The maximum absolute atomic E-state index is 11.5. The van der Waals surface area contributed by atoms with Gasteiger partial charge in [-0.25, -0.2) is 13.6 Å². The Bertz CT molecular complexity index is 726. The predicted octanol–water partition coefficient (Wildman–Crippen LogP) is 3.64. The van der Waals surface area contributed by atoms with E-state index in [1.165, 1.54) is 0 Å². The molecule has 0 radical (unpaired) electrons. The quantitative estimate of drug-likeness (QED) is 0.857. The first-order valence-electron chi connectivity index (χ1n) is 5.91. The van der Waals surface area contributed by atoms with Crippen LogP contribution in [0, 0.1) is 6.92 Å². The molecule has 0 spiro atoms. The molecule has 0 aliphatic carbocycles. The summed E-state index contributed by atoms with van der Waals surface area (Å²) in [7, 11) is -3.70. The highest BCUT2D eigenvalue weighted by atomic mass is 79.9. The first-order chi connectivity index (χ1) is 9.27. The molecule has 2 aromatic rings. The normalized spacial score (nSPS) is 13.2. The molecule has 0 bridgehead atoms. The standard InChI is InChI=1S/C13H15BrN2O2S2/c1-8-3-4-11(6-13(8)20(15,17)18)16-9(2)12-5-10(14)7-19-12/h3-7,9,16H,1-2H3,(H2,15,17,18). The number of benzene rings is 1. The van der Waals surface area contributed by atoms with Crippen LogP contribution in [0.15, 0.2) is 39.0 Å². The van der Waals surface area contributed by atoms with Crippen molar-refractivity contribution in [2.75, 3.05) is 5.32 Å². The van der Waals surface area contributed by atoms with Crippen LogP contribution in [0.4, 0.5) is 5.69 Å². The van der Waals surface area contributed by atoms with Gasteiger partial charge in [0.2, 0.25) is 10.0 Å². The highest BCUT2D eigenvalue weighted by molar-refractivity contribution is 9.10. The maximum atomic E-state index is 11.5. The Balaban J connectivity index is 2.26. The van der Waals surface area contributed by atoms with Crippen LogP contribution >= 0.6 is 27.3 Å². The molecule has 4 nitrogen and oxygen atoms in total. The molecule has 1 aromatic heterocycles. The summed E-state index contributed by atoms with van der Waals surface area (Å²) in [5, 5.41) is 10.5. The van der Waals surface area contributed by atoms with E-state index in [4.69, 9.17) is 5.14 Å². The monoisotopic (exact) mass is 374 g/mol. The number of nitrogens with two attached hydrogens (primary N) is 1. The minimum Gasteiger partial charge on any atom is -0.378 e. The van der Waals surface area contributed by atoms with Crippen molar-refractivity contribution >= 4 is 43.0 Å². The Labute approximate surface area is 131 Å². The molecule has 0 amide bonds. The van der Waals surface area contributed by atoms with Crippen molar-refractivity contribution in [3.8, 4) is 0 Å². The van der Waals surface area contributed by atoms with E-state index in [1.807, 2.05) is 24.4 Å². The third-order valence-corrected chi connectivity index (χ3v) is 5.82. The molecular formula is C13H15BrN2O2S2. The van der Waals surface area contributed by atoms with E-state index in [0.29, 0.717) is 5.56 Å². The van der Waals surface area contributed by atoms with Gasteiger partial charge in [0.05, 0.1) is 10.9 Å². The lowest BCUT2D eigenvalue weighted by Crippen LogP contribution is -2.14. The number of hydrogen-bond acceptors (Lipinski definition) is 4. The van der Waals surface area contributed by atoms with E-state index >= 15 is 0 Å². The van der Waals surface area contributed by atoms with Crippen molar-refractivity contribution in [1.82, 2.24) is 0 Å². The molecule has 7 heteroatoms. The fourth-order valence-electron chi connectivity index (χ4n) is 1.87.